The third-order valence-electron chi connectivity index (χ3n) is 2.45. The molecule has 1 aromatic carbocycles. The molecular weight excluding hydrogens is 246 g/mol. The second kappa shape index (κ2) is 5.43. The number of benzene rings is 1. The van der Waals surface area contributed by atoms with Crippen molar-refractivity contribution >= 4 is 16.5 Å². The van der Waals surface area contributed by atoms with Gasteiger partial charge < -0.3 is 5.73 Å². The molecule has 1 aromatic heterocycles. The molecule has 4 nitrogen and oxygen atoms in total. The molecular formula is C13H11N3OS. The van der Waals surface area contributed by atoms with Crippen molar-refractivity contribution in [2.75, 3.05) is 5.73 Å². The minimum Gasteiger partial charge on any atom is -0.398 e. The molecule has 2 rings (SSSR count). The zero-order valence-electron chi connectivity index (χ0n) is 9.54. The van der Waals surface area contributed by atoms with Crippen molar-refractivity contribution in [3.05, 3.63) is 53.9 Å². The SMILES string of the molecule is N#Cc1ncccc1CS(=O)c1ccccc1N. The summed E-state index contributed by atoms with van der Waals surface area (Å²) >= 11 is 0. The Labute approximate surface area is 108 Å². The van der Waals surface area contributed by atoms with Crippen molar-refractivity contribution in [3.63, 3.8) is 0 Å². The summed E-state index contributed by atoms with van der Waals surface area (Å²) in [4.78, 5) is 4.53. The number of pyridine rings is 1. The van der Waals surface area contributed by atoms with Crippen molar-refractivity contribution in [1.82, 2.24) is 4.98 Å². The highest BCUT2D eigenvalue weighted by Crippen LogP contribution is 2.19. The molecule has 0 saturated heterocycles. The quantitative estimate of drug-likeness (QED) is 0.851. The first kappa shape index (κ1) is 12.3. The predicted molar refractivity (Wildman–Crippen MR) is 69.9 cm³/mol. The monoisotopic (exact) mass is 257 g/mol. The van der Waals surface area contributed by atoms with Crippen molar-refractivity contribution < 1.29 is 4.21 Å². The molecule has 0 radical (unpaired) electrons. The predicted octanol–water partition coefficient (Wildman–Crippen LogP) is 1.84. The fourth-order valence-corrected chi connectivity index (χ4v) is 2.79. The van der Waals surface area contributed by atoms with Gasteiger partial charge in [-0.05, 0) is 18.2 Å². The van der Waals surface area contributed by atoms with E-state index in [4.69, 9.17) is 11.0 Å². The van der Waals surface area contributed by atoms with Gasteiger partial charge in [0.25, 0.3) is 0 Å². The molecule has 1 unspecified atom stereocenters. The Hall–Kier alpha value is -2.19. The number of anilines is 1. The lowest BCUT2D eigenvalue weighted by Gasteiger charge is -2.06. The van der Waals surface area contributed by atoms with E-state index in [1.807, 2.05) is 6.07 Å². The Morgan fingerprint density at radius 2 is 2.06 bits per heavy atom. The van der Waals surface area contributed by atoms with Crippen LogP contribution in [0.3, 0.4) is 0 Å². The molecule has 0 amide bonds. The number of rotatable bonds is 3. The molecule has 1 heterocycles. The summed E-state index contributed by atoms with van der Waals surface area (Å²) in [5, 5.41) is 8.92. The minimum absolute atomic E-state index is 0.241. The largest absolute Gasteiger partial charge is 0.398 e. The zero-order chi connectivity index (χ0) is 13.0. The van der Waals surface area contributed by atoms with Crippen LogP contribution in [-0.2, 0) is 16.6 Å². The molecule has 0 aliphatic carbocycles. The van der Waals surface area contributed by atoms with E-state index in [2.05, 4.69) is 4.98 Å². The maximum atomic E-state index is 12.2. The molecule has 0 aliphatic rings. The second-order valence-electron chi connectivity index (χ2n) is 3.65. The Morgan fingerprint density at radius 3 is 2.78 bits per heavy atom. The van der Waals surface area contributed by atoms with Gasteiger partial charge in [0, 0.05) is 17.4 Å². The molecule has 0 bridgehead atoms. The van der Waals surface area contributed by atoms with E-state index < -0.39 is 10.8 Å². The van der Waals surface area contributed by atoms with Gasteiger partial charge in [0.05, 0.1) is 21.4 Å². The number of hydrogen-bond acceptors (Lipinski definition) is 4. The van der Waals surface area contributed by atoms with Crippen molar-refractivity contribution in [3.8, 4) is 6.07 Å². The van der Waals surface area contributed by atoms with E-state index >= 15 is 0 Å². The molecule has 0 aliphatic heterocycles. The molecule has 0 fully saturated rings. The highest BCUT2D eigenvalue weighted by Gasteiger charge is 2.11. The number of aromatic nitrogens is 1. The average molecular weight is 257 g/mol. The summed E-state index contributed by atoms with van der Waals surface area (Å²) in [6.45, 7) is 0. The maximum absolute atomic E-state index is 12.2. The molecule has 5 heteroatoms. The lowest BCUT2D eigenvalue weighted by Crippen LogP contribution is -2.02. The summed E-state index contributed by atoms with van der Waals surface area (Å²) in [6, 6.07) is 12.5. The van der Waals surface area contributed by atoms with Gasteiger partial charge in [-0.15, -0.1) is 0 Å². The van der Waals surface area contributed by atoms with E-state index in [-0.39, 0.29) is 5.75 Å². The number of nitriles is 1. The number of nitrogens with zero attached hydrogens (tertiary/aromatic N) is 2. The smallest absolute Gasteiger partial charge is 0.144 e. The van der Waals surface area contributed by atoms with Crippen LogP contribution in [0, 0.1) is 11.3 Å². The van der Waals surface area contributed by atoms with Crippen LogP contribution in [0.1, 0.15) is 11.3 Å². The standard InChI is InChI=1S/C13H11N3OS/c14-8-12-10(4-3-7-16-12)9-18(17)13-6-2-1-5-11(13)15/h1-7H,9,15H2. The van der Waals surface area contributed by atoms with Crippen LogP contribution in [0.5, 0.6) is 0 Å². The van der Waals surface area contributed by atoms with Gasteiger partial charge in [0.2, 0.25) is 0 Å². The normalized spacial score (nSPS) is 11.7. The summed E-state index contributed by atoms with van der Waals surface area (Å²) in [7, 11) is -1.27. The van der Waals surface area contributed by atoms with Gasteiger partial charge in [-0.1, -0.05) is 18.2 Å². The molecule has 2 N–H and O–H groups in total. The summed E-state index contributed by atoms with van der Waals surface area (Å²) in [5.41, 5.74) is 7.24. The van der Waals surface area contributed by atoms with Crippen LogP contribution in [0.2, 0.25) is 0 Å². The second-order valence-corrected chi connectivity index (χ2v) is 5.07. The molecule has 18 heavy (non-hydrogen) atoms. The molecule has 0 spiro atoms. The number of nitrogen functional groups attached to an aromatic ring is 1. The fraction of sp³-hybridized carbons (Fsp3) is 0.0769. The lowest BCUT2D eigenvalue weighted by molar-refractivity contribution is 0.683. The number of para-hydroxylation sites is 1. The highest BCUT2D eigenvalue weighted by atomic mass is 32.2. The molecule has 90 valence electrons. The van der Waals surface area contributed by atoms with Crippen molar-refractivity contribution in [1.29, 1.82) is 5.26 Å². The Morgan fingerprint density at radius 1 is 1.28 bits per heavy atom. The highest BCUT2D eigenvalue weighted by molar-refractivity contribution is 7.84. The van der Waals surface area contributed by atoms with Gasteiger partial charge >= 0.3 is 0 Å². The Balaban J connectivity index is 2.28. The molecule has 0 saturated carbocycles. The van der Waals surface area contributed by atoms with Crippen LogP contribution < -0.4 is 5.73 Å². The topological polar surface area (TPSA) is 79.8 Å². The minimum atomic E-state index is -1.27. The van der Waals surface area contributed by atoms with Gasteiger partial charge in [-0.25, -0.2) is 4.98 Å². The van der Waals surface area contributed by atoms with Crippen LogP contribution >= 0.6 is 0 Å². The van der Waals surface area contributed by atoms with Gasteiger partial charge in [0.15, 0.2) is 0 Å². The third-order valence-corrected chi connectivity index (χ3v) is 3.88. The maximum Gasteiger partial charge on any atom is 0.144 e. The number of nitrogens with two attached hydrogens (primary N) is 1. The first-order valence-electron chi connectivity index (χ1n) is 5.29. The van der Waals surface area contributed by atoms with Crippen LogP contribution in [0.15, 0.2) is 47.5 Å². The van der Waals surface area contributed by atoms with Gasteiger partial charge in [-0.3, -0.25) is 4.21 Å². The summed E-state index contributed by atoms with van der Waals surface area (Å²) in [6.07, 6.45) is 1.54. The first-order valence-corrected chi connectivity index (χ1v) is 6.61. The van der Waals surface area contributed by atoms with E-state index in [1.54, 1.807) is 42.6 Å². The zero-order valence-corrected chi connectivity index (χ0v) is 10.4. The lowest BCUT2D eigenvalue weighted by atomic mass is 10.2. The van der Waals surface area contributed by atoms with E-state index in [0.717, 1.165) is 0 Å². The first-order chi connectivity index (χ1) is 8.72. The van der Waals surface area contributed by atoms with E-state index in [0.29, 0.717) is 21.8 Å². The molecule has 2 aromatic rings. The fourth-order valence-electron chi connectivity index (χ4n) is 1.56. The van der Waals surface area contributed by atoms with Crippen molar-refractivity contribution in [2.45, 2.75) is 10.6 Å². The third kappa shape index (κ3) is 2.55. The Kier molecular flexibility index (Phi) is 3.70. The Bertz CT molecular complexity index is 634. The van der Waals surface area contributed by atoms with E-state index in [1.165, 1.54) is 0 Å². The van der Waals surface area contributed by atoms with Crippen LogP contribution in [-0.4, -0.2) is 9.19 Å². The van der Waals surface area contributed by atoms with E-state index in [9.17, 15) is 4.21 Å². The number of hydrogen-bond donors (Lipinski definition) is 1. The summed E-state index contributed by atoms with van der Waals surface area (Å²) < 4.78 is 12.2. The molecule has 1 atom stereocenters. The van der Waals surface area contributed by atoms with Crippen molar-refractivity contribution in [2.24, 2.45) is 0 Å². The van der Waals surface area contributed by atoms with Gasteiger partial charge in [-0.2, -0.15) is 5.26 Å². The van der Waals surface area contributed by atoms with Crippen LogP contribution in [0.4, 0.5) is 5.69 Å². The van der Waals surface area contributed by atoms with Crippen LogP contribution in [0.25, 0.3) is 0 Å². The van der Waals surface area contributed by atoms with Gasteiger partial charge in [0.1, 0.15) is 11.8 Å². The summed E-state index contributed by atoms with van der Waals surface area (Å²) in [5.74, 6) is 0.241. The average Bonchev–Trinajstić information content (AvgIpc) is 2.39.